The SMILES string of the molecule is CC(C)NC(=O)Cc1nc(NC(=O)CCCN2CCCCC2)cnc1-c1cccc(Cl)c1. The van der Waals surface area contributed by atoms with Crippen LogP contribution in [0.15, 0.2) is 30.5 Å². The molecule has 0 spiro atoms. The van der Waals surface area contributed by atoms with Crippen LogP contribution in [0.4, 0.5) is 5.82 Å². The van der Waals surface area contributed by atoms with Crippen LogP contribution < -0.4 is 10.6 Å². The van der Waals surface area contributed by atoms with Crippen molar-refractivity contribution in [2.24, 2.45) is 0 Å². The number of likely N-dealkylation sites (tertiary alicyclic amines) is 1. The summed E-state index contributed by atoms with van der Waals surface area (Å²) in [5.41, 5.74) is 1.85. The maximum atomic E-state index is 12.4. The number of nitrogens with one attached hydrogen (secondary N) is 2. The molecule has 1 aromatic carbocycles. The maximum Gasteiger partial charge on any atom is 0.226 e. The van der Waals surface area contributed by atoms with Gasteiger partial charge in [0.2, 0.25) is 11.8 Å². The van der Waals surface area contributed by atoms with Crippen LogP contribution in [0, 0.1) is 0 Å². The number of halogens is 1. The number of anilines is 1. The second-order valence-corrected chi connectivity index (χ2v) is 8.95. The van der Waals surface area contributed by atoms with Gasteiger partial charge in [-0.2, -0.15) is 0 Å². The lowest BCUT2D eigenvalue weighted by Gasteiger charge is -2.26. The van der Waals surface area contributed by atoms with E-state index in [1.165, 1.54) is 25.5 Å². The maximum absolute atomic E-state index is 12.4. The first-order valence-electron chi connectivity index (χ1n) is 11.3. The van der Waals surface area contributed by atoms with Crippen molar-refractivity contribution in [2.45, 2.75) is 58.4 Å². The molecular weight excluding hydrogens is 426 g/mol. The zero-order valence-electron chi connectivity index (χ0n) is 18.9. The third-order valence-electron chi connectivity index (χ3n) is 5.31. The Bertz CT molecular complexity index is 928. The van der Waals surface area contributed by atoms with Gasteiger partial charge in [-0.15, -0.1) is 0 Å². The van der Waals surface area contributed by atoms with Crippen molar-refractivity contribution < 1.29 is 9.59 Å². The van der Waals surface area contributed by atoms with Gasteiger partial charge in [-0.3, -0.25) is 14.6 Å². The first-order valence-corrected chi connectivity index (χ1v) is 11.7. The number of amides is 2. The quantitative estimate of drug-likeness (QED) is 0.592. The highest BCUT2D eigenvalue weighted by molar-refractivity contribution is 6.30. The summed E-state index contributed by atoms with van der Waals surface area (Å²) in [7, 11) is 0. The molecule has 32 heavy (non-hydrogen) atoms. The van der Waals surface area contributed by atoms with E-state index < -0.39 is 0 Å². The van der Waals surface area contributed by atoms with Crippen molar-refractivity contribution in [1.29, 1.82) is 0 Å². The average Bonchev–Trinajstić information content (AvgIpc) is 2.74. The number of nitrogens with zero attached hydrogens (tertiary/aromatic N) is 3. The van der Waals surface area contributed by atoms with Crippen molar-refractivity contribution in [3.63, 3.8) is 0 Å². The fourth-order valence-corrected chi connectivity index (χ4v) is 4.05. The number of rotatable bonds is 9. The van der Waals surface area contributed by atoms with Crippen LogP contribution >= 0.6 is 11.6 Å². The minimum absolute atomic E-state index is 0.0212. The van der Waals surface area contributed by atoms with E-state index in [2.05, 4.69) is 25.5 Å². The van der Waals surface area contributed by atoms with Crippen LogP contribution in [0.5, 0.6) is 0 Å². The Kier molecular flexibility index (Phi) is 9.00. The Labute approximate surface area is 195 Å². The van der Waals surface area contributed by atoms with E-state index in [0.717, 1.165) is 31.6 Å². The molecule has 2 heterocycles. The summed E-state index contributed by atoms with van der Waals surface area (Å²) in [5.74, 6) is 0.109. The van der Waals surface area contributed by atoms with Gasteiger partial charge >= 0.3 is 0 Å². The fraction of sp³-hybridized carbons (Fsp3) is 0.500. The predicted octanol–water partition coefficient (Wildman–Crippen LogP) is 4.07. The Morgan fingerprint density at radius 3 is 2.66 bits per heavy atom. The number of benzene rings is 1. The summed E-state index contributed by atoms with van der Waals surface area (Å²) >= 11 is 6.14. The standard InChI is InChI=1S/C24H32ClN5O2/c1-17(2)27-23(32)15-20-24(18-8-6-9-19(25)14-18)26-16-21(28-20)29-22(31)10-7-13-30-11-4-3-5-12-30/h6,8-9,14,16-17H,3-5,7,10-13,15H2,1-2H3,(H,27,32)(H,28,29,31). The number of hydrogen-bond donors (Lipinski definition) is 2. The molecule has 1 aliphatic heterocycles. The lowest BCUT2D eigenvalue weighted by atomic mass is 10.1. The molecule has 0 saturated carbocycles. The Morgan fingerprint density at radius 1 is 1.16 bits per heavy atom. The number of carbonyl (C=O) groups is 2. The molecule has 2 amide bonds. The highest BCUT2D eigenvalue weighted by atomic mass is 35.5. The average molecular weight is 458 g/mol. The minimum atomic E-state index is -0.150. The van der Waals surface area contributed by atoms with E-state index in [1.54, 1.807) is 12.1 Å². The van der Waals surface area contributed by atoms with Crippen molar-refractivity contribution in [3.8, 4) is 11.3 Å². The van der Waals surface area contributed by atoms with Gasteiger partial charge in [-0.25, -0.2) is 4.98 Å². The van der Waals surface area contributed by atoms with E-state index >= 15 is 0 Å². The fourth-order valence-electron chi connectivity index (χ4n) is 3.86. The highest BCUT2D eigenvalue weighted by Gasteiger charge is 2.16. The molecule has 1 saturated heterocycles. The molecule has 2 aromatic rings. The lowest BCUT2D eigenvalue weighted by molar-refractivity contribution is -0.121. The van der Waals surface area contributed by atoms with Crippen molar-refractivity contribution in [3.05, 3.63) is 41.2 Å². The van der Waals surface area contributed by atoms with Crippen LogP contribution in [-0.2, 0) is 16.0 Å². The van der Waals surface area contributed by atoms with Crippen molar-refractivity contribution in [2.75, 3.05) is 25.0 Å². The zero-order valence-corrected chi connectivity index (χ0v) is 19.6. The molecule has 0 radical (unpaired) electrons. The van der Waals surface area contributed by atoms with Gasteiger partial charge in [0.15, 0.2) is 5.82 Å². The Hall–Kier alpha value is -2.51. The Balaban J connectivity index is 1.68. The molecule has 0 bridgehead atoms. The van der Waals surface area contributed by atoms with Gasteiger partial charge in [-0.05, 0) is 64.9 Å². The van der Waals surface area contributed by atoms with E-state index in [9.17, 15) is 9.59 Å². The Morgan fingerprint density at radius 2 is 1.94 bits per heavy atom. The van der Waals surface area contributed by atoms with E-state index in [1.807, 2.05) is 26.0 Å². The first kappa shape index (κ1) is 24.1. The number of hydrogen-bond acceptors (Lipinski definition) is 5. The lowest BCUT2D eigenvalue weighted by Crippen LogP contribution is -2.32. The first-order chi connectivity index (χ1) is 15.4. The molecule has 1 aromatic heterocycles. The molecule has 8 heteroatoms. The van der Waals surface area contributed by atoms with Crippen LogP contribution in [-0.4, -0.2) is 52.4 Å². The van der Waals surface area contributed by atoms with Crippen LogP contribution in [0.1, 0.15) is 51.6 Å². The van der Waals surface area contributed by atoms with Gasteiger partial charge in [0, 0.05) is 23.0 Å². The molecule has 7 nitrogen and oxygen atoms in total. The zero-order chi connectivity index (χ0) is 22.9. The number of piperidine rings is 1. The van der Waals surface area contributed by atoms with E-state index in [-0.39, 0.29) is 24.3 Å². The normalized spacial score (nSPS) is 14.4. The summed E-state index contributed by atoms with van der Waals surface area (Å²) in [5, 5.41) is 6.29. The van der Waals surface area contributed by atoms with Crippen molar-refractivity contribution in [1.82, 2.24) is 20.2 Å². The summed E-state index contributed by atoms with van der Waals surface area (Å²) < 4.78 is 0. The molecular formula is C24H32ClN5O2. The van der Waals surface area contributed by atoms with Crippen LogP contribution in [0.3, 0.4) is 0 Å². The molecule has 2 N–H and O–H groups in total. The van der Waals surface area contributed by atoms with Crippen molar-refractivity contribution >= 4 is 29.2 Å². The molecule has 1 aliphatic rings. The highest BCUT2D eigenvalue weighted by Crippen LogP contribution is 2.25. The third-order valence-corrected chi connectivity index (χ3v) is 5.55. The largest absolute Gasteiger partial charge is 0.354 e. The second-order valence-electron chi connectivity index (χ2n) is 8.51. The molecule has 0 atom stereocenters. The second kappa shape index (κ2) is 11.9. The van der Waals surface area contributed by atoms with Gasteiger partial charge in [0.05, 0.1) is 24.0 Å². The molecule has 3 rings (SSSR count). The third kappa shape index (κ3) is 7.57. The van der Waals surface area contributed by atoms with Crippen LogP contribution in [0.2, 0.25) is 5.02 Å². The summed E-state index contributed by atoms with van der Waals surface area (Å²) in [6, 6.07) is 7.29. The topological polar surface area (TPSA) is 87.2 Å². The molecule has 0 unspecified atom stereocenters. The summed E-state index contributed by atoms with van der Waals surface area (Å²) in [4.78, 5) is 36.3. The molecule has 1 fully saturated rings. The van der Waals surface area contributed by atoms with E-state index in [4.69, 9.17) is 11.6 Å². The van der Waals surface area contributed by atoms with Gasteiger partial charge in [0.25, 0.3) is 0 Å². The minimum Gasteiger partial charge on any atom is -0.354 e. The van der Waals surface area contributed by atoms with E-state index in [0.29, 0.717) is 28.6 Å². The van der Waals surface area contributed by atoms with Gasteiger partial charge < -0.3 is 15.5 Å². The predicted molar refractivity (Wildman–Crippen MR) is 128 cm³/mol. The molecule has 0 aliphatic carbocycles. The van der Waals surface area contributed by atoms with Gasteiger partial charge in [0.1, 0.15) is 0 Å². The summed E-state index contributed by atoms with van der Waals surface area (Å²) in [6.07, 6.45) is 6.62. The number of carbonyl (C=O) groups excluding carboxylic acids is 2. The van der Waals surface area contributed by atoms with Crippen LogP contribution in [0.25, 0.3) is 11.3 Å². The monoisotopic (exact) mass is 457 g/mol. The van der Waals surface area contributed by atoms with Gasteiger partial charge in [-0.1, -0.05) is 30.2 Å². The molecule has 172 valence electrons. The summed E-state index contributed by atoms with van der Waals surface area (Å²) in [6.45, 7) is 7.00. The number of aromatic nitrogens is 2. The smallest absolute Gasteiger partial charge is 0.226 e.